The summed E-state index contributed by atoms with van der Waals surface area (Å²) in [4.78, 5) is 31.9. The molecule has 9 heteroatoms. The number of aryl methyl sites for hydroxylation is 2. The molecule has 0 unspecified atom stereocenters. The summed E-state index contributed by atoms with van der Waals surface area (Å²) < 4.78 is 15.7. The minimum atomic E-state index is -0.307. The lowest BCUT2D eigenvalue weighted by atomic mass is 10.1. The van der Waals surface area contributed by atoms with Gasteiger partial charge in [-0.2, -0.15) is 4.98 Å². The number of ether oxygens (including phenoxy) is 2. The van der Waals surface area contributed by atoms with E-state index in [0.29, 0.717) is 22.7 Å². The van der Waals surface area contributed by atoms with Crippen molar-refractivity contribution in [1.82, 2.24) is 15.1 Å². The molecule has 0 aliphatic heterocycles. The number of amides is 1. The van der Waals surface area contributed by atoms with Crippen LogP contribution in [-0.2, 0) is 11.2 Å². The Hall–Kier alpha value is -4.14. The molecular formula is C23H22N4O5. The molecule has 0 atom stereocenters. The second-order valence-electron chi connectivity index (χ2n) is 7.23. The van der Waals surface area contributed by atoms with Crippen LogP contribution in [0.3, 0.4) is 0 Å². The van der Waals surface area contributed by atoms with E-state index in [1.165, 1.54) is 7.11 Å². The molecule has 4 rings (SSSR count). The average Bonchev–Trinajstić information content (AvgIpc) is 3.26. The zero-order valence-electron chi connectivity index (χ0n) is 17.9. The molecule has 2 aromatic carbocycles. The monoisotopic (exact) mass is 434 g/mol. The minimum absolute atomic E-state index is 0.115. The van der Waals surface area contributed by atoms with Gasteiger partial charge in [0, 0.05) is 24.4 Å². The Bertz CT molecular complexity index is 1340. The van der Waals surface area contributed by atoms with Gasteiger partial charge < -0.3 is 24.3 Å². The Morgan fingerprint density at radius 2 is 1.97 bits per heavy atom. The molecule has 2 N–H and O–H groups in total. The van der Waals surface area contributed by atoms with Crippen LogP contribution in [0.4, 0.5) is 5.69 Å². The van der Waals surface area contributed by atoms with Crippen molar-refractivity contribution in [3.63, 3.8) is 0 Å². The first-order valence-corrected chi connectivity index (χ1v) is 9.95. The summed E-state index contributed by atoms with van der Waals surface area (Å²) in [7, 11) is 3.07. The van der Waals surface area contributed by atoms with Gasteiger partial charge in [0.15, 0.2) is 0 Å². The third-order valence-electron chi connectivity index (χ3n) is 4.96. The third-order valence-corrected chi connectivity index (χ3v) is 4.96. The number of methoxy groups -OCH3 is 2. The summed E-state index contributed by atoms with van der Waals surface area (Å²) in [6.45, 7) is 1.98. The number of aromatic nitrogens is 3. The predicted molar refractivity (Wildman–Crippen MR) is 119 cm³/mol. The van der Waals surface area contributed by atoms with Crippen LogP contribution in [0.15, 0.2) is 51.8 Å². The Kier molecular flexibility index (Phi) is 5.89. The standard InChI is InChI=1S/C23H22N4O5/c1-13-4-6-17-14(10-13)11-16(23(29)25-17)22-26-21(32-27-22)9-8-20(28)24-18-7-5-15(30-2)12-19(18)31-3/h4-7,10-12H,8-9H2,1-3H3,(H,24,28)(H,25,29). The smallest absolute Gasteiger partial charge is 0.259 e. The highest BCUT2D eigenvalue weighted by Gasteiger charge is 2.15. The van der Waals surface area contributed by atoms with E-state index in [1.807, 2.05) is 25.1 Å². The second kappa shape index (κ2) is 8.93. The first-order chi connectivity index (χ1) is 15.5. The fraction of sp³-hybridized carbons (Fsp3) is 0.217. The van der Waals surface area contributed by atoms with Gasteiger partial charge in [-0.25, -0.2) is 0 Å². The lowest BCUT2D eigenvalue weighted by molar-refractivity contribution is -0.116. The van der Waals surface area contributed by atoms with Crippen LogP contribution in [0.25, 0.3) is 22.3 Å². The molecule has 0 radical (unpaired) electrons. The maximum absolute atomic E-state index is 12.4. The number of nitrogens with one attached hydrogen (secondary N) is 2. The SMILES string of the molecule is COc1ccc(NC(=O)CCc2nc(-c3cc4cc(C)ccc4[nH]c3=O)no2)c(OC)c1. The van der Waals surface area contributed by atoms with Crippen LogP contribution in [0.5, 0.6) is 11.5 Å². The van der Waals surface area contributed by atoms with Crippen LogP contribution < -0.4 is 20.3 Å². The van der Waals surface area contributed by atoms with E-state index in [-0.39, 0.29) is 36.0 Å². The number of carbonyl (C=O) groups excluding carboxylic acids is 1. The molecule has 1 amide bonds. The quantitative estimate of drug-likeness (QED) is 0.457. The topological polar surface area (TPSA) is 119 Å². The molecule has 0 fully saturated rings. The molecule has 9 nitrogen and oxygen atoms in total. The van der Waals surface area contributed by atoms with Crippen molar-refractivity contribution in [3.05, 3.63) is 64.3 Å². The van der Waals surface area contributed by atoms with Gasteiger partial charge >= 0.3 is 0 Å². The fourth-order valence-electron chi connectivity index (χ4n) is 3.29. The molecule has 0 aliphatic rings. The van der Waals surface area contributed by atoms with Gasteiger partial charge in [0.05, 0.1) is 25.5 Å². The summed E-state index contributed by atoms with van der Waals surface area (Å²) in [5, 5.41) is 7.58. The maximum Gasteiger partial charge on any atom is 0.259 e. The fourth-order valence-corrected chi connectivity index (χ4v) is 3.29. The summed E-state index contributed by atoms with van der Waals surface area (Å²) in [5.74, 6) is 1.32. The van der Waals surface area contributed by atoms with Crippen molar-refractivity contribution >= 4 is 22.5 Å². The van der Waals surface area contributed by atoms with E-state index in [0.717, 1.165) is 16.5 Å². The number of nitrogens with zero attached hydrogens (tertiary/aromatic N) is 2. The van der Waals surface area contributed by atoms with Crippen LogP contribution in [-0.4, -0.2) is 35.3 Å². The Morgan fingerprint density at radius 1 is 1.12 bits per heavy atom. The van der Waals surface area contributed by atoms with Crippen molar-refractivity contribution < 1.29 is 18.8 Å². The van der Waals surface area contributed by atoms with E-state index < -0.39 is 0 Å². The third kappa shape index (κ3) is 4.46. The Labute approximate surface area is 183 Å². The molecule has 4 aromatic rings. The highest BCUT2D eigenvalue weighted by atomic mass is 16.5. The zero-order chi connectivity index (χ0) is 22.7. The van der Waals surface area contributed by atoms with Crippen LogP contribution >= 0.6 is 0 Å². The molecule has 0 aliphatic carbocycles. The van der Waals surface area contributed by atoms with Crippen molar-refractivity contribution in [1.29, 1.82) is 0 Å². The Balaban J connectivity index is 1.45. The summed E-state index contributed by atoms with van der Waals surface area (Å²) >= 11 is 0. The molecule has 2 aromatic heterocycles. The largest absolute Gasteiger partial charge is 0.497 e. The number of benzene rings is 2. The first kappa shape index (κ1) is 21.1. The minimum Gasteiger partial charge on any atom is -0.497 e. The lowest BCUT2D eigenvalue weighted by Crippen LogP contribution is -2.13. The summed E-state index contributed by atoms with van der Waals surface area (Å²) in [6, 6.07) is 12.6. The normalized spacial score (nSPS) is 10.8. The molecule has 2 heterocycles. The van der Waals surface area contributed by atoms with Crippen molar-refractivity contribution in [2.45, 2.75) is 19.8 Å². The second-order valence-corrected chi connectivity index (χ2v) is 7.23. The average molecular weight is 434 g/mol. The summed E-state index contributed by atoms with van der Waals surface area (Å²) in [5.41, 5.74) is 2.34. The number of aromatic amines is 1. The van der Waals surface area contributed by atoms with Gasteiger partial charge in [-0.3, -0.25) is 9.59 Å². The predicted octanol–water partition coefficient (Wildman–Crippen LogP) is 3.48. The number of carbonyl (C=O) groups is 1. The molecule has 0 saturated carbocycles. The Morgan fingerprint density at radius 3 is 2.75 bits per heavy atom. The molecule has 32 heavy (non-hydrogen) atoms. The van der Waals surface area contributed by atoms with E-state index >= 15 is 0 Å². The number of fused-ring (bicyclic) bond motifs is 1. The number of hydrogen-bond acceptors (Lipinski definition) is 7. The lowest BCUT2D eigenvalue weighted by Gasteiger charge is -2.11. The van der Waals surface area contributed by atoms with Gasteiger partial charge in [-0.1, -0.05) is 16.8 Å². The highest BCUT2D eigenvalue weighted by Crippen LogP contribution is 2.29. The molecule has 0 bridgehead atoms. The van der Waals surface area contributed by atoms with Crippen molar-refractivity contribution in [3.8, 4) is 22.9 Å². The van der Waals surface area contributed by atoms with Crippen molar-refractivity contribution in [2.75, 3.05) is 19.5 Å². The van der Waals surface area contributed by atoms with Crippen LogP contribution in [0.1, 0.15) is 17.9 Å². The van der Waals surface area contributed by atoms with Gasteiger partial charge in [0.2, 0.25) is 17.6 Å². The van der Waals surface area contributed by atoms with E-state index in [4.69, 9.17) is 14.0 Å². The highest BCUT2D eigenvalue weighted by molar-refractivity contribution is 5.92. The molecule has 0 saturated heterocycles. The van der Waals surface area contributed by atoms with E-state index in [1.54, 1.807) is 31.4 Å². The number of pyridine rings is 1. The number of rotatable bonds is 7. The van der Waals surface area contributed by atoms with Crippen LogP contribution in [0, 0.1) is 6.92 Å². The maximum atomic E-state index is 12.4. The van der Waals surface area contributed by atoms with Gasteiger partial charge in [-0.15, -0.1) is 0 Å². The van der Waals surface area contributed by atoms with Gasteiger partial charge in [0.25, 0.3) is 5.56 Å². The molecular weight excluding hydrogens is 412 g/mol. The van der Waals surface area contributed by atoms with Gasteiger partial charge in [-0.05, 0) is 42.6 Å². The van der Waals surface area contributed by atoms with E-state index in [2.05, 4.69) is 20.4 Å². The number of anilines is 1. The van der Waals surface area contributed by atoms with Gasteiger partial charge in [0.1, 0.15) is 11.5 Å². The first-order valence-electron chi connectivity index (χ1n) is 9.95. The number of hydrogen-bond donors (Lipinski definition) is 2. The van der Waals surface area contributed by atoms with E-state index in [9.17, 15) is 9.59 Å². The molecule has 0 spiro atoms. The van der Waals surface area contributed by atoms with Crippen LogP contribution in [0.2, 0.25) is 0 Å². The van der Waals surface area contributed by atoms with Crippen molar-refractivity contribution in [2.24, 2.45) is 0 Å². The number of H-pyrrole nitrogens is 1. The summed E-state index contributed by atoms with van der Waals surface area (Å²) in [6.07, 6.45) is 0.339. The zero-order valence-corrected chi connectivity index (χ0v) is 17.9. The molecule has 164 valence electrons.